The van der Waals surface area contributed by atoms with Crippen molar-refractivity contribution in [2.24, 2.45) is 0 Å². The highest BCUT2D eigenvalue weighted by atomic mass is 32.2. The van der Waals surface area contributed by atoms with Crippen LogP contribution in [0.25, 0.3) is 0 Å². The lowest BCUT2D eigenvalue weighted by Crippen LogP contribution is -2.31. The minimum atomic E-state index is -4.10. The zero-order chi connectivity index (χ0) is 21.1. The number of nitrogens with one attached hydrogen (secondary N) is 1. The number of carbonyl (C=O) groups excluding carboxylic acids is 1. The normalized spacial score (nSPS) is 11.5. The number of amides is 1. The summed E-state index contributed by atoms with van der Waals surface area (Å²) in [6.07, 6.45) is 0. The molecule has 2 aromatic rings. The van der Waals surface area contributed by atoms with Crippen LogP contribution in [0.15, 0.2) is 41.3 Å². The minimum Gasteiger partial charge on any atom is -0.321 e. The first-order chi connectivity index (χ1) is 13.1. The maximum atomic E-state index is 14.2. The van der Waals surface area contributed by atoms with Crippen LogP contribution in [0.5, 0.6) is 0 Å². The van der Waals surface area contributed by atoms with Crippen LogP contribution >= 0.6 is 0 Å². The summed E-state index contributed by atoms with van der Waals surface area (Å²) in [5.74, 6) is -1.67. The van der Waals surface area contributed by atoms with Gasteiger partial charge in [0.2, 0.25) is 10.0 Å². The predicted molar refractivity (Wildman–Crippen MR) is 102 cm³/mol. The van der Waals surface area contributed by atoms with E-state index in [4.69, 9.17) is 0 Å². The zero-order valence-corrected chi connectivity index (χ0v) is 16.4. The van der Waals surface area contributed by atoms with Gasteiger partial charge in [0, 0.05) is 24.7 Å². The second-order valence-corrected chi connectivity index (χ2v) is 7.80. The smallest absolute Gasteiger partial charge is 0.274 e. The summed E-state index contributed by atoms with van der Waals surface area (Å²) in [7, 11) is -4.10. The fourth-order valence-electron chi connectivity index (χ4n) is 2.70. The number of hydrogen-bond donors (Lipinski definition) is 1. The standard InChI is InChI=1S/C18H20FN3O5S/c1-4-21(5-2)28(26,27)17-11-13(9-10-14(17)19)18(23)20-15-7-6-8-16(12(15)3)22(24)25/h6-11H,4-5H2,1-3H3,(H,20,23). The summed E-state index contributed by atoms with van der Waals surface area (Å²) in [6.45, 7) is 5.04. The van der Waals surface area contributed by atoms with Crippen molar-refractivity contribution in [3.8, 4) is 0 Å². The molecule has 0 saturated carbocycles. The number of sulfonamides is 1. The Balaban J connectivity index is 2.41. The van der Waals surface area contributed by atoms with Crippen molar-refractivity contribution >= 4 is 27.3 Å². The van der Waals surface area contributed by atoms with Gasteiger partial charge in [0.1, 0.15) is 10.7 Å². The van der Waals surface area contributed by atoms with E-state index in [2.05, 4.69) is 5.32 Å². The van der Waals surface area contributed by atoms with Crippen LogP contribution in [0.3, 0.4) is 0 Å². The van der Waals surface area contributed by atoms with Crippen LogP contribution in [-0.2, 0) is 10.0 Å². The molecule has 0 heterocycles. The fraction of sp³-hybridized carbons (Fsp3) is 0.278. The largest absolute Gasteiger partial charge is 0.321 e. The summed E-state index contributed by atoms with van der Waals surface area (Å²) >= 11 is 0. The second kappa shape index (κ2) is 8.44. The average molecular weight is 409 g/mol. The highest BCUT2D eigenvalue weighted by Crippen LogP contribution is 2.26. The second-order valence-electron chi connectivity index (χ2n) is 5.90. The Labute approximate surface area is 162 Å². The Morgan fingerprint density at radius 3 is 2.43 bits per heavy atom. The molecular formula is C18H20FN3O5S. The molecule has 0 aliphatic rings. The SMILES string of the molecule is CCN(CC)S(=O)(=O)c1cc(C(=O)Nc2cccc([N+](=O)[O-])c2C)ccc1F. The summed E-state index contributed by atoms with van der Waals surface area (Å²) in [5, 5.41) is 13.5. The van der Waals surface area contributed by atoms with Gasteiger partial charge < -0.3 is 5.32 Å². The number of benzene rings is 2. The van der Waals surface area contributed by atoms with E-state index in [0.717, 1.165) is 22.5 Å². The third-order valence-corrected chi connectivity index (χ3v) is 6.33. The monoisotopic (exact) mass is 409 g/mol. The molecule has 0 saturated heterocycles. The van der Waals surface area contributed by atoms with Crippen LogP contribution in [0.2, 0.25) is 0 Å². The highest BCUT2D eigenvalue weighted by Gasteiger charge is 2.26. The first kappa shape index (κ1) is 21.5. The summed E-state index contributed by atoms with van der Waals surface area (Å²) < 4.78 is 40.5. The molecule has 0 aromatic heterocycles. The Hall–Kier alpha value is -2.85. The lowest BCUT2D eigenvalue weighted by atomic mass is 10.1. The molecule has 0 aliphatic carbocycles. The molecule has 150 valence electrons. The van der Waals surface area contributed by atoms with Gasteiger partial charge in [-0.2, -0.15) is 4.31 Å². The molecule has 0 atom stereocenters. The van der Waals surface area contributed by atoms with Crippen molar-refractivity contribution in [1.82, 2.24) is 4.31 Å². The Morgan fingerprint density at radius 1 is 1.21 bits per heavy atom. The molecule has 0 aliphatic heterocycles. The molecule has 0 radical (unpaired) electrons. The number of carbonyl (C=O) groups is 1. The van der Waals surface area contributed by atoms with Crippen LogP contribution in [0.4, 0.5) is 15.8 Å². The molecule has 0 unspecified atom stereocenters. The molecule has 2 aromatic carbocycles. The van der Waals surface area contributed by atoms with E-state index in [1.54, 1.807) is 13.8 Å². The topological polar surface area (TPSA) is 110 Å². The van der Waals surface area contributed by atoms with Gasteiger partial charge in [0.15, 0.2) is 0 Å². The summed E-state index contributed by atoms with van der Waals surface area (Å²) in [4.78, 5) is 22.4. The van der Waals surface area contributed by atoms with E-state index < -0.39 is 31.6 Å². The van der Waals surface area contributed by atoms with Crippen molar-refractivity contribution in [1.29, 1.82) is 0 Å². The van der Waals surface area contributed by atoms with Crippen molar-refractivity contribution in [3.05, 3.63) is 63.5 Å². The van der Waals surface area contributed by atoms with Crippen LogP contribution < -0.4 is 5.32 Å². The van der Waals surface area contributed by atoms with Crippen LogP contribution in [-0.4, -0.2) is 36.6 Å². The maximum absolute atomic E-state index is 14.2. The Morgan fingerprint density at radius 2 is 1.86 bits per heavy atom. The number of nitrogens with zero attached hydrogens (tertiary/aromatic N) is 2. The van der Waals surface area contributed by atoms with E-state index in [1.165, 1.54) is 25.1 Å². The maximum Gasteiger partial charge on any atom is 0.274 e. The lowest BCUT2D eigenvalue weighted by molar-refractivity contribution is -0.385. The van der Waals surface area contributed by atoms with Gasteiger partial charge in [0.25, 0.3) is 11.6 Å². The molecule has 28 heavy (non-hydrogen) atoms. The minimum absolute atomic E-state index is 0.0852. The molecule has 2 rings (SSSR count). The van der Waals surface area contributed by atoms with Crippen molar-refractivity contribution < 1.29 is 22.5 Å². The van der Waals surface area contributed by atoms with Crippen molar-refractivity contribution in [2.45, 2.75) is 25.7 Å². The number of nitro groups is 1. The molecule has 1 amide bonds. The molecule has 8 nitrogen and oxygen atoms in total. The average Bonchev–Trinajstić information content (AvgIpc) is 2.64. The molecule has 0 bridgehead atoms. The van der Waals surface area contributed by atoms with Gasteiger partial charge in [-0.15, -0.1) is 0 Å². The Kier molecular flexibility index (Phi) is 6.47. The third-order valence-electron chi connectivity index (χ3n) is 4.27. The number of hydrogen-bond acceptors (Lipinski definition) is 5. The molecular weight excluding hydrogens is 389 g/mol. The summed E-state index contributed by atoms with van der Waals surface area (Å²) in [5.41, 5.74) is 0.204. The third kappa shape index (κ3) is 4.18. The fourth-order valence-corrected chi connectivity index (χ4v) is 4.24. The Bertz CT molecular complexity index is 1020. The van der Waals surface area contributed by atoms with E-state index in [0.29, 0.717) is 0 Å². The number of nitro benzene ring substituents is 1. The zero-order valence-electron chi connectivity index (χ0n) is 15.6. The van der Waals surface area contributed by atoms with Gasteiger partial charge in [-0.1, -0.05) is 19.9 Å². The van der Waals surface area contributed by atoms with Gasteiger partial charge in [0.05, 0.1) is 16.2 Å². The predicted octanol–water partition coefficient (Wildman–Crippen LogP) is 3.33. The number of rotatable bonds is 7. The molecule has 0 spiro atoms. The van der Waals surface area contributed by atoms with Gasteiger partial charge in [-0.05, 0) is 31.2 Å². The van der Waals surface area contributed by atoms with E-state index >= 15 is 0 Å². The van der Waals surface area contributed by atoms with Crippen LogP contribution in [0.1, 0.15) is 29.8 Å². The first-order valence-electron chi connectivity index (χ1n) is 8.48. The van der Waals surface area contributed by atoms with Crippen molar-refractivity contribution in [3.63, 3.8) is 0 Å². The van der Waals surface area contributed by atoms with Gasteiger partial charge in [-0.25, -0.2) is 12.8 Å². The van der Waals surface area contributed by atoms with Gasteiger partial charge >= 0.3 is 0 Å². The van der Waals surface area contributed by atoms with E-state index in [9.17, 15) is 27.7 Å². The number of anilines is 1. The molecule has 10 heteroatoms. The van der Waals surface area contributed by atoms with Gasteiger partial charge in [-0.3, -0.25) is 14.9 Å². The quantitative estimate of drug-likeness (QED) is 0.557. The van der Waals surface area contributed by atoms with Crippen molar-refractivity contribution in [2.75, 3.05) is 18.4 Å². The lowest BCUT2D eigenvalue weighted by Gasteiger charge is -2.19. The number of halogens is 1. The summed E-state index contributed by atoms with van der Waals surface area (Å²) in [6, 6.07) is 7.23. The molecule has 1 N–H and O–H groups in total. The van der Waals surface area contributed by atoms with E-state index in [1.807, 2.05) is 0 Å². The molecule has 0 fully saturated rings. The van der Waals surface area contributed by atoms with E-state index in [-0.39, 0.29) is 35.6 Å². The van der Waals surface area contributed by atoms with Crippen LogP contribution in [0, 0.1) is 22.9 Å². The first-order valence-corrected chi connectivity index (χ1v) is 9.92. The highest BCUT2D eigenvalue weighted by molar-refractivity contribution is 7.89.